The van der Waals surface area contributed by atoms with Crippen molar-refractivity contribution in [2.45, 2.75) is 31.1 Å². The lowest BCUT2D eigenvalue weighted by atomic mass is 10.0. The molecule has 1 atom stereocenters. The number of hydrogen-bond acceptors (Lipinski definition) is 3. The van der Waals surface area contributed by atoms with Crippen molar-refractivity contribution in [2.75, 3.05) is 0 Å². The van der Waals surface area contributed by atoms with Crippen molar-refractivity contribution >= 4 is 33.2 Å². The number of carbonyl (C=O) groups is 1. The number of aromatic nitrogens is 1. The van der Waals surface area contributed by atoms with E-state index in [2.05, 4.69) is 26.2 Å². The van der Waals surface area contributed by atoms with Crippen molar-refractivity contribution in [3.05, 3.63) is 16.6 Å². The summed E-state index contributed by atoms with van der Waals surface area (Å²) < 4.78 is 0. The van der Waals surface area contributed by atoms with E-state index in [0.29, 0.717) is 4.88 Å². The molecule has 1 amide bonds. The molecule has 1 aromatic heterocycles. The van der Waals surface area contributed by atoms with Gasteiger partial charge in [0.05, 0.1) is 11.7 Å². The van der Waals surface area contributed by atoms with Gasteiger partial charge in [-0.25, -0.2) is 0 Å². The summed E-state index contributed by atoms with van der Waals surface area (Å²) in [6, 6.07) is 0. The molecule has 1 unspecified atom stereocenters. The van der Waals surface area contributed by atoms with E-state index >= 15 is 0 Å². The quantitative estimate of drug-likeness (QED) is 0.862. The first-order chi connectivity index (χ1) is 6.43. The van der Waals surface area contributed by atoms with E-state index in [1.807, 2.05) is 20.8 Å². The van der Waals surface area contributed by atoms with Gasteiger partial charge in [0.25, 0.3) is 5.91 Å². The summed E-state index contributed by atoms with van der Waals surface area (Å²) >= 11 is 4.81. The van der Waals surface area contributed by atoms with Crippen LogP contribution in [0.2, 0.25) is 0 Å². The fourth-order valence-corrected chi connectivity index (χ4v) is 1.41. The maximum absolute atomic E-state index is 11.7. The molecule has 1 aromatic rings. The average molecular weight is 277 g/mol. The Balaban J connectivity index is 2.66. The first kappa shape index (κ1) is 11.7. The largest absolute Gasteiger partial charge is 0.345 e. The predicted molar refractivity (Wildman–Crippen MR) is 62.0 cm³/mol. The normalized spacial score (nSPS) is 13.7. The second-order valence-corrected chi connectivity index (χ2v) is 5.92. The zero-order valence-corrected chi connectivity index (χ0v) is 10.8. The first-order valence-corrected chi connectivity index (χ1v) is 6.08. The number of thiazole rings is 1. The van der Waals surface area contributed by atoms with Crippen LogP contribution in [0.15, 0.2) is 11.7 Å². The molecule has 0 aromatic carbocycles. The zero-order valence-electron chi connectivity index (χ0n) is 8.37. The molecule has 14 heavy (non-hydrogen) atoms. The summed E-state index contributed by atoms with van der Waals surface area (Å²) in [6.45, 7) is 5.96. The van der Waals surface area contributed by atoms with Crippen molar-refractivity contribution in [1.29, 1.82) is 0 Å². The second-order valence-electron chi connectivity index (χ2n) is 3.66. The molecule has 5 heteroatoms. The molecule has 1 rings (SSSR count). The molecule has 1 heterocycles. The predicted octanol–water partition coefficient (Wildman–Crippen LogP) is 2.43. The summed E-state index contributed by atoms with van der Waals surface area (Å²) in [5.74, 6) is -0.0659. The number of hydrogen-bond donors (Lipinski definition) is 1. The van der Waals surface area contributed by atoms with E-state index < -0.39 is 0 Å². The Morgan fingerprint density at radius 3 is 2.79 bits per heavy atom. The minimum atomic E-state index is -0.263. The fraction of sp³-hybridized carbons (Fsp3) is 0.556. The maximum Gasteiger partial charge on any atom is 0.263 e. The van der Waals surface area contributed by atoms with Crippen LogP contribution in [0.3, 0.4) is 0 Å². The van der Waals surface area contributed by atoms with Gasteiger partial charge in [-0.15, -0.1) is 11.3 Å². The molecule has 0 aliphatic rings. The van der Waals surface area contributed by atoms with Gasteiger partial charge in [0.1, 0.15) is 4.88 Å². The summed E-state index contributed by atoms with van der Waals surface area (Å²) in [7, 11) is 0. The second kappa shape index (κ2) is 4.40. The van der Waals surface area contributed by atoms with Gasteiger partial charge in [0, 0.05) is 10.4 Å². The van der Waals surface area contributed by atoms with Crippen LogP contribution in [0.25, 0.3) is 0 Å². The van der Waals surface area contributed by atoms with Crippen molar-refractivity contribution in [3.63, 3.8) is 0 Å². The number of rotatable bonds is 3. The van der Waals surface area contributed by atoms with Gasteiger partial charge in [0.2, 0.25) is 0 Å². The minimum absolute atomic E-state index is 0.0659. The molecule has 0 saturated carbocycles. The van der Waals surface area contributed by atoms with Crippen molar-refractivity contribution in [3.8, 4) is 0 Å². The monoisotopic (exact) mass is 276 g/mol. The van der Waals surface area contributed by atoms with Crippen LogP contribution in [-0.4, -0.2) is 21.3 Å². The lowest BCUT2D eigenvalue weighted by molar-refractivity contribution is 0.0918. The van der Waals surface area contributed by atoms with E-state index in [-0.39, 0.29) is 16.3 Å². The Labute approximate surface area is 96.1 Å². The SMILES string of the molecule is CC(Br)C(C)(C)NC(=O)c1cncs1. The van der Waals surface area contributed by atoms with Crippen LogP contribution in [0.5, 0.6) is 0 Å². The van der Waals surface area contributed by atoms with Crippen molar-refractivity contribution < 1.29 is 4.79 Å². The van der Waals surface area contributed by atoms with Gasteiger partial charge in [-0.3, -0.25) is 9.78 Å². The Bertz CT molecular complexity index is 309. The number of alkyl halides is 1. The van der Waals surface area contributed by atoms with Gasteiger partial charge in [-0.05, 0) is 13.8 Å². The number of carbonyl (C=O) groups excluding carboxylic acids is 1. The third-order valence-corrected chi connectivity index (χ3v) is 4.00. The Morgan fingerprint density at radius 1 is 1.71 bits per heavy atom. The van der Waals surface area contributed by atoms with E-state index in [4.69, 9.17) is 0 Å². The average Bonchev–Trinajstić information content (AvgIpc) is 2.54. The lowest BCUT2D eigenvalue weighted by Gasteiger charge is -2.28. The van der Waals surface area contributed by atoms with Crippen LogP contribution in [-0.2, 0) is 0 Å². The Kier molecular flexibility index (Phi) is 3.66. The third-order valence-electron chi connectivity index (χ3n) is 2.09. The summed E-state index contributed by atoms with van der Waals surface area (Å²) in [5, 5.41) is 2.94. The lowest BCUT2D eigenvalue weighted by Crippen LogP contribution is -2.48. The van der Waals surface area contributed by atoms with Crippen molar-refractivity contribution in [2.24, 2.45) is 0 Å². The maximum atomic E-state index is 11.7. The molecule has 3 nitrogen and oxygen atoms in total. The molecule has 0 spiro atoms. The van der Waals surface area contributed by atoms with Crippen LogP contribution < -0.4 is 5.32 Å². The molecular weight excluding hydrogens is 264 g/mol. The molecular formula is C9H13BrN2OS. The first-order valence-electron chi connectivity index (χ1n) is 4.28. The van der Waals surface area contributed by atoms with E-state index in [9.17, 15) is 4.79 Å². The Morgan fingerprint density at radius 2 is 2.36 bits per heavy atom. The van der Waals surface area contributed by atoms with Gasteiger partial charge in [0.15, 0.2) is 0 Å². The van der Waals surface area contributed by atoms with Gasteiger partial charge in [-0.2, -0.15) is 0 Å². The highest BCUT2D eigenvalue weighted by atomic mass is 79.9. The van der Waals surface area contributed by atoms with Crippen LogP contribution in [0.1, 0.15) is 30.4 Å². The Hall–Kier alpha value is -0.420. The minimum Gasteiger partial charge on any atom is -0.345 e. The molecule has 78 valence electrons. The van der Waals surface area contributed by atoms with E-state index in [1.165, 1.54) is 11.3 Å². The highest BCUT2D eigenvalue weighted by molar-refractivity contribution is 9.09. The number of halogens is 1. The topological polar surface area (TPSA) is 42.0 Å². The van der Waals surface area contributed by atoms with Crippen LogP contribution in [0.4, 0.5) is 0 Å². The number of nitrogens with one attached hydrogen (secondary N) is 1. The van der Waals surface area contributed by atoms with E-state index in [1.54, 1.807) is 11.7 Å². The summed E-state index contributed by atoms with van der Waals surface area (Å²) in [4.78, 5) is 16.4. The van der Waals surface area contributed by atoms with Gasteiger partial charge in [-0.1, -0.05) is 22.9 Å². The highest BCUT2D eigenvalue weighted by Gasteiger charge is 2.26. The van der Waals surface area contributed by atoms with Crippen LogP contribution in [0, 0.1) is 0 Å². The summed E-state index contributed by atoms with van der Waals surface area (Å²) in [6.07, 6.45) is 1.58. The van der Waals surface area contributed by atoms with Crippen molar-refractivity contribution in [1.82, 2.24) is 10.3 Å². The third kappa shape index (κ3) is 2.78. The van der Waals surface area contributed by atoms with E-state index in [0.717, 1.165) is 0 Å². The molecule has 0 aliphatic heterocycles. The zero-order chi connectivity index (χ0) is 10.8. The standard InChI is InChI=1S/C9H13BrN2OS/c1-6(10)9(2,3)12-8(13)7-4-11-5-14-7/h4-6H,1-3H3,(H,12,13). The van der Waals surface area contributed by atoms with Gasteiger partial charge < -0.3 is 5.32 Å². The van der Waals surface area contributed by atoms with Gasteiger partial charge >= 0.3 is 0 Å². The fourth-order valence-electron chi connectivity index (χ4n) is 0.782. The smallest absolute Gasteiger partial charge is 0.263 e. The molecule has 0 bridgehead atoms. The molecule has 0 saturated heterocycles. The highest BCUT2D eigenvalue weighted by Crippen LogP contribution is 2.18. The molecule has 0 aliphatic carbocycles. The van der Waals surface area contributed by atoms with Crippen LogP contribution >= 0.6 is 27.3 Å². The molecule has 1 N–H and O–H groups in total. The molecule has 0 radical (unpaired) electrons. The number of amides is 1. The molecule has 0 fully saturated rings. The summed E-state index contributed by atoms with van der Waals surface area (Å²) in [5.41, 5.74) is 1.39. The number of nitrogens with zero attached hydrogens (tertiary/aromatic N) is 1.